The number of aromatic nitrogens is 2. The Bertz CT molecular complexity index is 1130. The van der Waals surface area contributed by atoms with Crippen LogP contribution in [0, 0.1) is 15.9 Å². The molecule has 0 N–H and O–H groups in total. The number of nitro groups is 1. The predicted octanol–water partition coefficient (Wildman–Crippen LogP) is 3.81. The van der Waals surface area contributed by atoms with Crippen molar-refractivity contribution in [2.24, 2.45) is 0 Å². The molecule has 0 aliphatic carbocycles. The normalized spacial score (nSPS) is 13.9. The molecule has 2 aromatic carbocycles. The average Bonchev–Trinajstić information content (AvgIpc) is 2.79. The van der Waals surface area contributed by atoms with Gasteiger partial charge in [-0.1, -0.05) is 11.6 Å². The number of halogens is 2. The summed E-state index contributed by atoms with van der Waals surface area (Å²) in [7, 11) is 0. The zero-order valence-corrected chi connectivity index (χ0v) is 17.0. The van der Waals surface area contributed by atoms with E-state index in [-0.39, 0.29) is 28.0 Å². The zero-order valence-electron chi connectivity index (χ0n) is 16.2. The van der Waals surface area contributed by atoms with E-state index >= 15 is 0 Å². The molecule has 31 heavy (non-hydrogen) atoms. The van der Waals surface area contributed by atoms with Crippen molar-refractivity contribution in [2.75, 3.05) is 31.1 Å². The van der Waals surface area contributed by atoms with Crippen molar-refractivity contribution in [2.45, 2.75) is 0 Å². The summed E-state index contributed by atoms with van der Waals surface area (Å²) in [6.45, 7) is 1.96. The summed E-state index contributed by atoms with van der Waals surface area (Å²) >= 11 is 5.83. The highest BCUT2D eigenvalue weighted by atomic mass is 35.5. The molecule has 0 atom stereocenters. The van der Waals surface area contributed by atoms with Gasteiger partial charge in [0.05, 0.1) is 10.6 Å². The highest BCUT2D eigenvalue weighted by Crippen LogP contribution is 2.26. The largest absolute Gasteiger partial charge is 0.353 e. The Labute approximate surface area is 182 Å². The number of hydrogen-bond acceptors (Lipinski definition) is 6. The van der Waals surface area contributed by atoms with Gasteiger partial charge >= 0.3 is 0 Å². The molecule has 1 aliphatic heterocycles. The Balaban J connectivity index is 1.45. The second kappa shape index (κ2) is 8.65. The Morgan fingerprint density at radius 2 is 1.74 bits per heavy atom. The molecule has 0 bridgehead atoms. The lowest BCUT2D eigenvalue weighted by atomic mass is 10.1. The highest BCUT2D eigenvalue weighted by Gasteiger charge is 2.25. The summed E-state index contributed by atoms with van der Waals surface area (Å²) < 4.78 is 13.2. The van der Waals surface area contributed by atoms with Crippen molar-refractivity contribution in [3.8, 4) is 11.3 Å². The topological polar surface area (TPSA) is 92.5 Å². The molecular formula is C21H17ClFN5O3. The Hall–Kier alpha value is -3.59. The van der Waals surface area contributed by atoms with E-state index in [0.717, 1.165) is 5.56 Å². The number of benzene rings is 2. The fourth-order valence-corrected chi connectivity index (χ4v) is 3.59. The van der Waals surface area contributed by atoms with Gasteiger partial charge in [0.1, 0.15) is 23.0 Å². The average molecular weight is 442 g/mol. The smallest absolute Gasteiger partial charge is 0.288 e. The number of amides is 1. The molecule has 1 amide bonds. The van der Waals surface area contributed by atoms with E-state index in [9.17, 15) is 19.3 Å². The number of hydrogen-bond donors (Lipinski definition) is 0. The lowest BCUT2D eigenvalue weighted by Gasteiger charge is -2.35. The van der Waals surface area contributed by atoms with Crippen molar-refractivity contribution < 1.29 is 14.1 Å². The molecule has 1 saturated heterocycles. The first-order valence-electron chi connectivity index (χ1n) is 9.48. The lowest BCUT2D eigenvalue weighted by Crippen LogP contribution is -2.49. The van der Waals surface area contributed by atoms with Crippen LogP contribution in [-0.2, 0) is 0 Å². The maximum atomic E-state index is 13.2. The van der Waals surface area contributed by atoms with Gasteiger partial charge in [-0.15, -0.1) is 0 Å². The number of anilines is 1. The van der Waals surface area contributed by atoms with Gasteiger partial charge < -0.3 is 9.80 Å². The number of nitrogens with zero attached hydrogens (tertiary/aromatic N) is 5. The predicted molar refractivity (Wildman–Crippen MR) is 114 cm³/mol. The van der Waals surface area contributed by atoms with Crippen LogP contribution in [0.1, 0.15) is 10.4 Å². The van der Waals surface area contributed by atoms with Crippen molar-refractivity contribution in [3.63, 3.8) is 0 Å². The lowest BCUT2D eigenvalue weighted by molar-refractivity contribution is -0.384. The third-order valence-corrected chi connectivity index (χ3v) is 5.39. The van der Waals surface area contributed by atoms with Crippen LogP contribution in [0.25, 0.3) is 11.3 Å². The van der Waals surface area contributed by atoms with Crippen molar-refractivity contribution in [1.82, 2.24) is 14.9 Å². The molecule has 0 radical (unpaired) electrons. The first kappa shape index (κ1) is 20.7. The van der Waals surface area contributed by atoms with Crippen LogP contribution in [0.5, 0.6) is 0 Å². The number of carbonyl (C=O) groups excluding carboxylic acids is 1. The molecule has 4 rings (SSSR count). The first-order valence-corrected chi connectivity index (χ1v) is 9.86. The maximum Gasteiger partial charge on any atom is 0.288 e. The zero-order chi connectivity index (χ0) is 22.0. The fraction of sp³-hybridized carbons (Fsp3) is 0.190. The molecule has 1 aromatic heterocycles. The van der Waals surface area contributed by atoms with E-state index in [1.807, 2.05) is 11.0 Å². The number of nitro benzene ring substituents is 1. The Kier molecular flexibility index (Phi) is 5.77. The number of carbonyl (C=O) groups is 1. The molecule has 1 fully saturated rings. The van der Waals surface area contributed by atoms with Crippen molar-refractivity contribution >= 4 is 29.0 Å². The van der Waals surface area contributed by atoms with Gasteiger partial charge in [-0.2, -0.15) is 0 Å². The summed E-state index contributed by atoms with van der Waals surface area (Å²) in [4.78, 5) is 35.5. The molecule has 0 unspecified atom stereocenters. The standard InChI is InChI=1S/C21H17ClFN5O3/c22-17-6-3-15(11-19(17)28(30)31)21(29)27-9-7-26(8-10-27)20-12-18(24-13-25-20)14-1-4-16(23)5-2-14/h1-6,11-13H,7-10H2. The first-order chi connectivity index (χ1) is 14.9. The second-order valence-electron chi connectivity index (χ2n) is 6.97. The molecule has 158 valence electrons. The van der Waals surface area contributed by atoms with E-state index in [2.05, 4.69) is 9.97 Å². The van der Waals surface area contributed by atoms with E-state index in [1.165, 1.54) is 36.7 Å². The number of rotatable bonds is 4. The summed E-state index contributed by atoms with van der Waals surface area (Å²) in [6.07, 6.45) is 1.46. The van der Waals surface area contributed by atoms with E-state index in [4.69, 9.17) is 11.6 Å². The Morgan fingerprint density at radius 3 is 2.42 bits per heavy atom. The molecule has 8 nitrogen and oxygen atoms in total. The van der Waals surface area contributed by atoms with Gasteiger partial charge in [-0.3, -0.25) is 14.9 Å². The maximum absolute atomic E-state index is 13.2. The molecule has 0 spiro atoms. The third-order valence-electron chi connectivity index (χ3n) is 5.07. The minimum Gasteiger partial charge on any atom is -0.353 e. The summed E-state index contributed by atoms with van der Waals surface area (Å²) in [6, 6.07) is 12.0. The molecule has 0 saturated carbocycles. The Morgan fingerprint density at radius 1 is 1.03 bits per heavy atom. The van der Waals surface area contributed by atoms with Gasteiger partial charge in [0.2, 0.25) is 0 Å². The second-order valence-corrected chi connectivity index (χ2v) is 7.38. The van der Waals surface area contributed by atoms with Gasteiger partial charge in [0, 0.05) is 49.4 Å². The summed E-state index contributed by atoms with van der Waals surface area (Å²) in [5.41, 5.74) is 1.39. The van der Waals surface area contributed by atoms with Crippen LogP contribution in [0.15, 0.2) is 54.9 Å². The van der Waals surface area contributed by atoms with Gasteiger partial charge in [-0.25, -0.2) is 14.4 Å². The van der Waals surface area contributed by atoms with Gasteiger partial charge in [0.25, 0.3) is 11.6 Å². The fourth-order valence-electron chi connectivity index (χ4n) is 3.41. The van der Waals surface area contributed by atoms with E-state index in [0.29, 0.717) is 37.7 Å². The van der Waals surface area contributed by atoms with Crippen LogP contribution in [-0.4, -0.2) is 51.9 Å². The minimum atomic E-state index is -0.606. The summed E-state index contributed by atoms with van der Waals surface area (Å²) in [5.74, 6) is 0.113. The number of piperazine rings is 1. The molecule has 2 heterocycles. The molecule has 10 heteroatoms. The van der Waals surface area contributed by atoms with E-state index in [1.54, 1.807) is 17.0 Å². The van der Waals surface area contributed by atoms with Gasteiger partial charge in [0.15, 0.2) is 0 Å². The highest BCUT2D eigenvalue weighted by molar-refractivity contribution is 6.32. The van der Waals surface area contributed by atoms with Crippen LogP contribution in [0.2, 0.25) is 5.02 Å². The van der Waals surface area contributed by atoms with Crippen LogP contribution >= 0.6 is 11.6 Å². The quantitative estimate of drug-likeness (QED) is 0.451. The van der Waals surface area contributed by atoms with Crippen molar-refractivity contribution in [1.29, 1.82) is 0 Å². The van der Waals surface area contributed by atoms with E-state index < -0.39 is 4.92 Å². The van der Waals surface area contributed by atoms with Crippen LogP contribution in [0.4, 0.5) is 15.9 Å². The molecule has 3 aromatic rings. The third kappa shape index (κ3) is 4.46. The van der Waals surface area contributed by atoms with Crippen LogP contribution in [0.3, 0.4) is 0 Å². The molecular weight excluding hydrogens is 425 g/mol. The SMILES string of the molecule is O=C(c1ccc(Cl)c([N+](=O)[O-])c1)N1CCN(c2cc(-c3ccc(F)cc3)ncn2)CC1. The molecule has 1 aliphatic rings. The monoisotopic (exact) mass is 441 g/mol. The minimum absolute atomic E-state index is 0.00732. The summed E-state index contributed by atoms with van der Waals surface area (Å²) in [5, 5.41) is 11.1. The van der Waals surface area contributed by atoms with Gasteiger partial charge in [-0.05, 0) is 36.4 Å². The van der Waals surface area contributed by atoms with Crippen LogP contribution < -0.4 is 4.90 Å². The van der Waals surface area contributed by atoms with Crippen molar-refractivity contribution in [3.05, 3.63) is 81.4 Å².